The highest BCUT2D eigenvalue weighted by Crippen LogP contribution is 2.48. The van der Waals surface area contributed by atoms with Crippen molar-refractivity contribution in [1.82, 2.24) is 0 Å². The smallest absolute Gasteiger partial charge is 0.240 e. The van der Waals surface area contributed by atoms with Gasteiger partial charge in [-0.3, -0.25) is 9.59 Å². The van der Waals surface area contributed by atoms with Crippen molar-refractivity contribution in [2.24, 2.45) is 5.41 Å². The number of carbonyl (C=O) groups is 2. The Morgan fingerprint density at radius 1 is 1.04 bits per heavy atom. The molecule has 0 spiro atoms. The maximum atomic E-state index is 13.3. The molecule has 1 aliphatic carbocycles. The number of amides is 2. The molecule has 5 nitrogen and oxygen atoms in total. The van der Waals surface area contributed by atoms with Crippen LogP contribution in [0, 0.1) is 17.0 Å². The zero-order chi connectivity index (χ0) is 18.7. The molecule has 2 amide bonds. The van der Waals surface area contributed by atoms with Crippen LogP contribution in [0.25, 0.3) is 0 Å². The molecule has 0 aliphatic heterocycles. The Labute approximate surface area is 149 Å². The van der Waals surface area contributed by atoms with Gasteiger partial charge in [0, 0.05) is 11.8 Å². The minimum absolute atomic E-state index is 0.0997. The van der Waals surface area contributed by atoms with Crippen LogP contribution in [0.15, 0.2) is 42.5 Å². The zero-order valence-corrected chi connectivity index (χ0v) is 14.1. The number of carbonyl (C=O) groups excluding carboxylic acids is 2. The van der Waals surface area contributed by atoms with E-state index in [1.807, 2.05) is 6.92 Å². The Balaban J connectivity index is 1.72. The van der Waals surface area contributed by atoms with Crippen LogP contribution in [-0.2, 0) is 9.59 Å². The van der Waals surface area contributed by atoms with Gasteiger partial charge >= 0.3 is 0 Å². The van der Waals surface area contributed by atoms with Gasteiger partial charge in [0.2, 0.25) is 11.8 Å². The van der Waals surface area contributed by atoms with Gasteiger partial charge in [-0.15, -0.1) is 0 Å². The molecular weight excluding hydrogens is 342 g/mol. The molecule has 2 N–H and O–H groups in total. The molecule has 26 heavy (non-hydrogen) atoms. The Kier molecular flexibility index (Phi) is 4.88. The second kappa shape index (κ2) is 7.11. The lowest BCUT2D eigenvalue weighted by Gasteiger charge is -2.17. The van der Waals surface area contributed by atoms with E-state index in [1.54, 1.807) is 24.3 Å². The summed E-state index contributed by atoms with van der Waals surface area (Å²) in [5, 5.41) is 5.21. The molecule has 0 unspecified atom stereocenters. The summed E-state index contributed by atoms with van der Waals surface area (Å²) in [6, 6.07) is 9.98. The summed E-state index contributed by atoms with van der Waals surface area (Å²) in [6.45, 7) is 2.27. The van der Waals surface area contributed by atoms with Crippen LogP contribution >= 0.6 is 0 Å². The molecule has 1 saturated carbocycles. The lowest BCUT2D eigenvalue weighted by molar-refractivity contribution is -0.131. The van der Waals surface area contributed by atoms with Crippen molar-refractivity contribution in [2.75, 3.05) is 17.2 Å². The van der Waals surface area contributed by atoms with E-state index in [2.05, 4.69) is 10.6 Å². The van der Waals surface area contributed by atoms with E-state index < -0.39 is 28.9 Å². The van der Waals surface area contributed by atoms with Crippen molar-refractivity contribution >= 4 is 23.2 Å². The minimum Gasteiger partial charge on any atom is -0.492 e. The second-order valence-corrected chi connectivity index (χ2v) is 6.05. The maximum Gasteiger partial charge on any atom is 0.240 e. The highest BCUT2D eigenvalue weighted by molar-refractivity contribution is 6.17. The molecule has 0 radical (unpaired) electrons. The van der Waals surface area contributed by atoms with Gasteiger partial charge in [0.1, 0.15) is 11.2 Å². The molecule has 2 aromatic carbocycles. The molecule has 136 valence electrons. The number of anilines is 2. The number of rotatable bonds is 6. The normalized spacial score (nSPS) is 14.4. The first-order valence-corrected chi connectivity index (χ1v) is 8.26. The van der Waals surface area contributed by atoms with Gasteiger partial charge < -0.3 is 15.4 Å². The van der Waals surface area contributed by atoms with E-state index in [4.69, 9.17) is 4.74 Å². The average Bonchev–Trinajstić information content (AvgIpc) is 3.42. The van der Waals surface area contributed by atoms with Gasteiger partial charge in [0.05, 0.1) is 12.3 Å². The summed E-state index contributed by atoms with van der Waals surface area (Å²) < 4.78 is 31.7. The van der Waals surface area contributed by atoms with Gasteiger partial charge in [-0.1, -0.05) is 12.1 Å². The van der Waals surface area contributed by atoms with Crippen LogP contribution in [0.4, 0.5) is 20.2 Å². The van der Waals surface area contributed by atoms with Crippen molar-refractivity contribution in [3.05, 3.63) is 54.1 Å². The molecule has 1 fully saturated rings. The fourth-order valence-electron chi connectivity index (χ4n) is 2.60. The fraction of sp³-hybridized carbons (Fsp3) is 0.263. The number of hydrogen-bond donors (Lipinski definition) is 2. The monoisotopic (exact) mass is 360 g/mol. The van der Waals surface area contributed by atoms with Crippen LogP contribution in [0.5, 0.6) is 5.75 Å². The van der Waals surface area contributed by atoms with Crippen LogP contribution in [0.2, 0.25) is 0 Å². The lowest BCUT2D eigenvalue weighted by Crippen LogP contribution is -2.35. The van der Waals surface area contributed by atoms with Gasteiger partial charge in [-0.05, 0) is 44.0 Å². The number of hydrogen-bond acceptors (Lipinski definition) is 3. The third kappa shape index (κ3) is 3.51. The SMILES string of the molecule is CCOc1ccccc1NC(=O)C1(C(=O)Nc2ccc(F)c(F)c2)CC1. The Morgan fingerprint density at radius 3 is 2.38 bits per heavy atom. The Hall–Kier alpha value is -2.96. The predicted octanol–water partition coefficient (Wildman–Crippen LogP) is 3.72. The first kappa shape index (κ1) is 17.8. The number of benzene rings is 2. The lowest BCUT2D eigenvalue weighted by atomic mass is 10.0. The molecule has 0 bridgehead atoms. The first-order chi connectivity index (χ1) is 12.5. The van der Waals surface area contributed by atoms with Crippen LogP contribution in [-0.4, -0.2) is 18.4 Å². The van der Waals surface area contributed by atoms with Crippen molar-refractivity contribution in [1.29, 1.82) is 0 Å². The topological polar surface area (TPSA) is 67.4 Å². The van der Waals surface area contributed by atoms with E-state index in [0.717, 1.165) is 12.1 Å². The summed E-state index contributed by atoms with van der Waals surface area (Å²) >= 11 is 0. The van der Waals surface area contributed by atoms with Gasteiger partial charge in [-0.25, -0.2) is 8.78 Å². The predicted molar refractivity (Wildman–Crippen MR) is 92.9 cm³/mol. The van der Waals surface area contributed by atoms with E-state index in [9.17, 15) is 18.4 Å². The highest BCUT2D eigenvalue weighted by atomic mass is 19.2. The molecule has 2 aromatic rings. The summed E-state index contributed by atoms with van der Waals surface area (Å²) in [6.07, 6.45) is 0.760. The summed E-state index contributed by atoms with van der Waals surface area (Å²) in [5.41, 5.74) is -0.640. The molecular formula is C19H18F2N2O3. The van der Waals surface area contributed by atoms with Crippen molar-refractivity contribution < 1.29 is 23.1 Å². The largest absolute Gasteiger partial charge is 0.492 e. The van der Waals surface area contributed by atoms with Crippen molar-refractivity contribution in [3.63, 3.8) is 0 Å². The standard InChI is InChI=1S/C19H18F2N2O3/c1-2-26-16-6-4-3-5-15(16)23-18(25)19(9-10-19)17(24)22-12-7-8-13(20)14(21)11-12/h3-8,11H,2,9-10H2,1H3,(H,22,24)(H,23,25). The maximum absolute atomic E-state index is 13.3. The molecule has 3 rings (SSSR count). The summed E-state index contributed by atoms with van der Waals surface area (Å²) in [5.74, 6) is -2.56. The minimum atomic E-state index is -1.22. The molecule has 0 saturated heterocycles. The summed E-state index contributed by atoms with van der Waals surface area (Å²) in [7, 11) is 0. The number of nitrogens with one attached hydrogen (secondary N) is 2. The third-order valence-corrected chi connectivity index (χ3v) is 4.23. The van der Waals surface area contributed by atoms with Gasteiger partial charge in [0.15, 0.2) is 11.6 Å². The highest BCUT2D eigenvalue weighted by Gasteiger charge is 2.56. The first-order valence-electron chi connectivity index (χ1n) is 8.26. The summed E-state index contributed by atoms with van der Waals surface area (Å²) in [4.78, 5) is 25.2. The Morgan fingerprint density at radius 2 is 1.73 bits per heavy atom. The fourth-order valence-corrected chi connectivity index (χ4v) is 2.60. The molecule has 0 heterocycles. The van der Waals surface area contributed by atoms with Crippen LogP contribution in [0.3, 0.4) is 0 Å². The average molecular weight is 360 g/mol. The van der Waals surface area contributed by atoms with Crippen LogP contribution < -0.4 is 15.4 Å². The second-order valence-electron chi connectivity index (χ2n) is 6.05. The van der Waals surface area contributed by atoms with E-state index in [0.29, 0.717) is 30.9 Å². The number of halogens is 2. The van der Waals surface area contributed by atoms with E-state index in [-0.39, 0.29) is 5.69 Å². The van der Waals surface area contributed by atoms with Gasteiger partial charge in [0.25, 0.3) is 0 Å². The number of para-hydroxylation sites is 2. The van der Waals surface area contributed by atoms with Crippen molar-refractivity contribution in [3.8, 4) is 5.75 Å². The van der Waals surface area contributed by atoms with E-state index in [1.165, 1.54) is 6.07 Å². The molecule has 1 aliphatic rings. The zero-order valence-electron chi connectivity index (χ0n) is 14.1. The molecule has 0 aromatic heterocycles. The van der Waals surface area contributed by atoms with E-state index >= 15 is 0 Å². The Bertz CT molecular complexity index is 850. The third-order valence-electron chi connectivity index (χ3n) is 4.23. The molecule has 0 atom stereocenters. The number of ether oxygens (including phenoxy) is 1. The quantitative estimate of drug-likeness (QED) is 0.772. The van der Waals surface area contributed by atoms with Crippen molar-refractivity contribution in [2.45, 2.75) is 19.8 Å². The van der Waals surface area contributed by atoms with Gasteiger partial charge in [-0.2, -0.15) is 0 Å². The molecule has 7 heteroatoms. The van der Waals surface area contributed by atoms with Crippen LogP contribution in [0.1, 0.15) is 19.8 Å².